The molecule has 0 spiro atoms. The van der Waals surface area contributed by atoms with Gasteiger partial charge in [0.15, 0.2) is 0 Å². The number of aliphatic hydroxyl groups excluding tert-OH is 1. The summed E-state index contributed by atoms with van der Waals surface area (Å²) in [7, 11) is 0. The molecule has 2 saturated carbocycles. The molecule has 2 nitrogen and oxygen atoms in total. The number of rotatable bonds is 1. The van der Waals surface area contributed by atoms with Gasteiger partial charge in [-0.05, 0) is 78.6 Å². The lowest BCUT2D eigenvalue weighted by atomic mass is 9.45. The Bertz CT molecular complexity index is 765. The fourth-order valence-electron chi connectivity index (χ4n) is 7.26. The summed E-state index contributed by atoms with van der Waals surface area (Å²) in [5.41, 5.74) is 3.71. The Kier molecular flexibility index (Phi) is 3.82. The molecule has 0 aromatic carbocycles. The van der Waals surface area contributed by atoms with Gasteiger partial charge in [-0.2, -0.15) is 0 Å². The van der Waals surface area contributed by atoms with Gasteiger partial charge in [0.1, 0.15) is 5.01 Å². The van der Waals surface area contributed by atoms with E-state index in [9.17, 15) is 5.11 Å². The molecule has 140 valence electrons. The average molecular weight is 370 g/mol. The third kappa shape index (κ3) is 2.22. The summed E-state index contributed by atoms with van der Waals surface area (Å²) >= 11 is 1.80. The van der Waals surface area contributed by atoms with Crippen molar-refractivity contribution in [3.05, 3.63) is 34.3 Å². The van der Waals surface area contributed by atoms with Crippen molar-refractivity contribution in [3.63, 3.8) is 0 Å². The topological polar surface area (TPSA) is 33.1 Å². The monoisotopic (exact) mass is 369 g/mol. The van der Waals surface area contributed by atoms with E-state index in [1.165, 1.54) is 36.3 Å². The maximum atomic E-state index is 10.2. The van der Waals surface area contributed by atoms with Crippen LogP contribution in [0.5, 0.6) is 0 Å². The summed E-state index contributed by atoms with van der Waals surface area (Å²) < 4.78 is 0. The van der Waals surface area contributed by atoms with Crippen molar-refractivity contribution in [2.45, 2.75) is 65.4 Å². The highest BCUT2D eigenvalue weighted by Crippen LogP contribution is 2.67. The zero-order valence-electron chi connectivity index (χ0n) is 16.2. The minimum absolute atomic E-state index is 0.114. The Morgan fingerprint density at radius 2 is 1.96 bits per heavy atom. The van der Waals surface area contributed by atoms with Crippen molar-refractivity contribution >= 4 is 16.9 Å². The first-order chi connectivity index (χ1) is 12.4. The van der Waals surface area contributed by atoms with E-state index in [-0.39, 0.29) is 6.10 Å². The molecule has 0 bridgehead atoms. The summed E-state index contributed by atoms with van der Waals surface area (Å²) in [6.45, 7) is 7.48. The predicted molar refractivity (Wildman–Crippen MR) is 108 cm³/mol. The predicted octanol–water partition coefficient (Wildman–Crippen LogP) is 5.71. The van der Waals surface area contributed by atoms with Gasteiger partial charge in [-0.1, -0.05) is 38.5 Å². The number of nitrogens with zero attached hydrogens (tertiary/aromatic N) is 1. The van der Waals surface area contributed by atoms with Gasteiger partial charge in [0.05, 0.1) is 6.10 Å². The summed E-state index contributed by atoms with van der Waals surface area (Å²) in [6.07, 6.45) is 13.8. The van der Waals surface area contributed by atoms with Gasteiger partial charge in [-0.3, -0.25) is 0 Å². The Morgan fingerprint density at radius 3 is 2.73 bits per heavy atom. The second kappa shape index (κ2) is 5.78. The SMILES string of the molecule is C[C@H]1C=C2C[C@@H](O)CC[C@]2(C)[C@H]2CC[C@]3(C)C(c4nccs4)=CC[C@H]3[C@H]12. The minimum Gasteiger partial charge on any atom is -0.393 e. The Balaban J connectivity index is 1.52. The zero-order chi connectivity index (χ0) is 18.1. The van der Waals surface area contributed by atoms with E-state index >= 15 is 0 Å². The van der Waals surface area contributed by atoms with Crippen molar-refractivity contribution in [2.24, 2.45) is 34.5 Å². The smallest absolute Gasteiger partial charge is 0.119 e. The fraction of sp³-hybridized carbons (Fsp3) is 0.696. The highest BCUT2D eigenvalue weighted by Gasteiger charge is 2.58. The lowest BCUT2D eigenvalue weighted by Crippen LogP contribution is -2.52. The van der Waals surface area contributed by atoms with E-state index < -0.39 is 0 Å². The number of fused-ring (bicyclic) bond motifs is 5. The van der Waals surface area contributed by atoms with Crippen molar-refractivity contribution in [1.29, 1.82) is 0 Å². The van der Waals surface area contributed by atoms with Crippen LogP contribution >= 0.6 is 11.3 Å². The zero-order valence-corrected chi connectivity index (χ0v) is 17.1. The molecule has 1 aromatic heterocycles. The largest absolute Gasteiger partial charge is 0.393 e. The lowest BCUT2D eigenvalue weighted by Gasteiger charge is -2.59. The molecular formula is C23H31NOS. The normalized spacial score (nSPS) is 47.5. The van der Waals surface area contributed by atoms with Crippen molar-refractivity contribution in [3.8, 4) is 0 Å². The minimum atomic E-state index is -0.114. The van der Waals surface area contributed by atoms with Gasteiger partial charge >= 0.3 is 0 Å². The molecule has 4 aliphatic rings. The van der Waals surface area contributed by atoms with Gasteiger partial charge in [0.2, 0.25) is 0 Å². The maximum absolute atomic E-state index is 10.2. The summed E-state index contributed by atoms with van der Waals surface area (Å²) in [5, 5.41) is 13.6. The molecule has 0 radical (unpaired) electrons. The lowest BCUT2D eigenvalue weighted by molar-refractivity contribution is -0.0425. The van der Waals surface area contributed by atoms with Crippen LogP contribution in [0.4, 0.5) is 0 Å². The van der Waals surface area contributed by atoms with Gasteiger partial charge in [-0.15, -0.1) is 11.3 Å². The Morgan fingerprint density at radius 1 is 1.15 bits per heavy atom. The average Bonchev–Trinajstić information content (AvgIpc) is 3.23. The molecule has 2 fully saturated rings. The molecule has 26 heavy (non-hydrogen) atoms. The molecule has 1 N–H and O–H groups in total. The Labute approximate surface area is 161 Å². The second-order valence-corrected chi connectivity index (χ2v) is 10.7. The number of allylic oxidation sites excluding steroid dienone is 3. The van der Waals surface area contributed by atoms with Crippen LogP contribution in [-0.4, -0.2) is 16.2 Å². The van der Waals surface area contributed by atoms with Crippen LogP contribution in [0.2, 0.25) is 0 Å². The molecule has 3 heteroatoms. The molecule has 1 aromatic rings. The third-order valence-corrected chi connectivity index (χ3v) is 9.46. The molecule has 0 aliphatic heterocycles. The number of aliphatic hydroxyl groups is 1. The fourth-order valence-corrected chi connectivity index (χ4v) is 8.07. The van der Waals surface area contributed by atoms with Crippen LogP contribution in [0.15, 0.2) is 29.3 Å². The van der Waals surface area contributed by atoms with E-state index in [0.29, 0.717) is 16.7 Å². The van der Waals surface area contributed by atoms with E-state index in [0.717, 1.165) is 30.6 Å². The first-order valence-corrected chi connectivity index (χ1v) is 11.3. The van der Waals surface area contributed by atoms with Crippen molar-refractivity contribution in [1.82, 2.24) is 4.98 Å². The highest BCUT2D eigenvalue weighted by molar-refractivity contribution is 7.10. The second-order valence-electron chi connectivity index (χ2n) is 9.80. The number of hydrogen-bond acceptors (Lipinski definition) is 3. The first kappa shape index (κ1) is 17.2. The van der Waals surface area contributed by atoms with Gasteiger partial charge < -0.3 is 5.11 Å². The van der Waals surface area contributed by atoms with E-state index in [4.69, 9.17) is 0 Å². The van der Waals surface area contributed by atoms with Gasteiger partial charge in [0.25, 0.3) is 0 Å². The van der Waals surface area contributed by atoms with Crippen LogP contribution in [0.3, 0.4) is 0 Å². The summed E-state index contributed by atoms with van der Waals surface area (Å²) in [6, 6.07) is 0. The molecule has 4 aliphatic carbocycles. The summed E-state index contributed by atoms with van der Waals surface area (Å²) in [4.78, 5) is 4.66. The standard InChI is InChI=1S/C23H31NOS/c1-14-12-15-13-16(25)6-8-22(15,2)18-7-9-23(3)17(20(14)18)4-5-19(23)21-24-10-11-26-21/h5,10-12,14,16-18,20,25H,4,6-9,13H2,1-3H3/t14-,16-,17-,18-,20-,22-,23-/m0/s1. The molecule has 1 heterocycles. The highest BCUT2D eigenvalue weighted by atomic mass is 32.1. The van der Waals surface area contributed by atoms with Crippen LogP contribution in [0.25, 0.3) is 5.57 Å². The van der Waals surface area contributed by atoms with Gasteiger partial charge in [-0.25, -0.2) is 4.98 Å². The van der Waals surface area contributed by atoms with Crippen LogP contribution in [0, 0.1) is 34.5 Å². The summed E-state index contributed by atoms with van der Waals surface area (Å²) in [5.74, 6) is 2.93. The number of thiazole rings is 1. The maximum Gasteiger partial charge on any atom is 0.119 e. The van der Waals surface area contributed by atoms with E-state index in [2.05, 4.69) is 43.3 Å². The molecule has 5 rings (SSSR count). The molecule has 0 unspecified atom stereocenters. The number of aromatic nitrogens is 1. The molecular weight excluding hydrogens is 338 g/mol. The number of hydrogen-bond donors (Lipinski definition) is 1. The molecule has 0 saturated heterocycles. The Hall–Kier alpha value is -0.930. The van der Waals surface area contributed by atoms with Crippen LogP contribution in [0.1, 0.15) is 64.3 Å². The first-order valence-electron chi connectivity index (χ1n) is 10.4. The van der Waals surface area contributed by atoms with Crippen LogP contribution < -0.4 is 0 Å². The van der Waals surface area contributed by atoms with Crippen molar-refractivity contribution in [2.75, 3.05) is 0 Å². The molecule has 0 amide bonds. The van der Waals surface area contributed by atoms with Crippen LogP contribution in [-0.2, 0) is 0 Å². The molecule has 7 atom stereocenters. The van der Waals surface area contributed by atoms with E-state index in [1.54, 1.807) is 16.9 Å². The van der Waals surface area contributed by atoms with Gasteiger partial charge in [0, 0.05) is 11.6 Å². The van der Waals surface area contributed by atoms with Crippen molar-refractivity contribution < 1.29 is 5.11 Å². The quantitative estimate of drug-likeness (QED) is 0.644. The van der Waals surface area contributed by atoms with E-state index in [1.807, 2.05) is 6.20 Å². The third-order valence-electron chi connectivity index (χ3n) is 8.65.